The van der Waals surface area contributed by atoms with Crippen molar-refractivity contribution < 1.29 is 31.9 Å². The Labute approximate surface area is 215 Å². The summed E-state index contributed by atoms with van der Waals surface area (Å²) < 4.78 is 52.2. The molecule has 0 spiro atoms. The van der Waals surface area contributed by atoms with E-state index in [-0.39, 0.29) is 43.7 Å². The molecule has 3 amide bonds. The fourth-order valence-corrected chi connectivity index (χ4v) is 5.92. The summed E-state index contributed by atoms with van der Waals surface area (Å²) >= 11 is 6.59. The number of methoxy groups -OCH3 is 1. The molecule has 0 bridgehead atoms. The summed E-state index contributed by atoms with van der Waals surface area (Å²) in [5, 5.41) is 5.16. The lowest BCUT2D eigenvalue weighted by atomic mass is 10.1. The number of hydrogen-bond donors (Lipinski definition) is 3. The Hall–Kier alpha value is -3.55. The van der Waals surface area contributed by atoms with Gasteiger partial charge in [-0.3, -0.25) is 9.69 Å². The van der Waals surface area contributed by atoms with Gasteiger partial charge in [-0.15, -0.1) is 11.3 Å². The summed E-state index contributed by atoms with van der Waals surface area (Å²) in [6.45, 7) is 1.50. The SMILES string of the molecule is CNc1cc2c(cc1F)C(=O)N(c1cc(C)c(NC(=O)NS(=O)(=O)c3ccc(Cl)s3)c(OC)c1)CO2. The van der Waals surface area contributed by atoms with Gasteiger partial charge in [0.15, 0.2) is 6.73 Å². The van der Waals surface area contributed by atoms with Gasteiger partial charge in [0, 0.05) is 19.2 Å². The lowest BCUT2D eigenvalue weighted by molar-refractivity contribution is 0.0936. The fraction of sp³-hybridized carbons (Fsp3) is 0.182. The van der Waals surface area contributed by atoms with Gasteiger partial charge in [-0.25, -0.2) is 22.3 Å². The summed E-state index contributed by atoms with van der Waals surface area (Å²) in [4.78, 5) is 26.9. The van der Waals surface area contributed by atoms with Crippen LogP contribution in [-0.2, 0) is 10.0 Å². The van der Waals surface area contributed by atoms with Crippen molar-refractivity contribution in [1.82, 2.24) is 4.72 Å². The second-order valence-corrected chi connectivity index (χ2v) is 11.2. The molecule has 3 aromatic rings. The minimum atomic E-state index is -4.13. The molecule has 0 atom stereocenters. The first-order valence-corrected chi connectivity index (χ1v) is 13.0. The van der Waals surface area contributed by atoms with Gasteiger partial charge in [-0.1, -0.05) is 11.6 Å². The first-order chi connectivity index (χ1) is 17.0. The van der Waals surface area contributed by atoms with Gasteiger partial charge in [-0.2, -0.15) is 0 Å². The Bertz CT molecular complexity index is 1480. The maximum Gasteiger partial charge on any atom is 0.333 e. The van der Waals surface area contributed by atoms with Gasteiger partial charge in [0.05, 0.1) is 34.1 Å². The minimum Gasteiger partial charge on any atom is -0.494 e. The number of sulfonamides is 1. The molecule has 14 heteroatoms. The van der Waals surface area contributed by atoms with Crippen molar-refractivity contribution in [3.05, 3.63) is 57.7 Å². The van der Waals surface area contributed by atoms with E-state index in [9.17, 15) is 22.4 Å². The predicted octanol–water partition coefficient (Wildman–Crippen LogP) is 4.41. The number of benzene rings is 2. The molecule has 2 aromatic carbocycles. The van der Waals surface area contributed by atoms with E-state index in [1.807, 2.05) is 4.72 Å². The molecule has 36 heavy (non-hydrogen) atoms. The van der Waals surface area contributed by atoms with Crippen LogP contribution in [-0.4, -0.2) is 41.2 Å². The average molecular weight is 555 g/mol. The highest BCUT2D eigenvalue weighted by molar-refractivity contribution is 7.92. The normalized spacial score (nSPS) is 13.0. The summed E-state index contributed by atoms with van der Waals surface area (Å²) in [5.41, 5.74) is 1.27. The predicted molar refractivity (Wildman–Crippen MR) is 135 cm³/mol. The molecule has 1 aliphatic heterocycles. The quantitative estimate of drug-likeness (QED) is 0.412. The third kappa shape index (κ3) is 4.90. The summed E-state index contributed by atoms with van der Waals surface area (Å²) in [6.07, 6.45) is 0. The lowest BCUT2D eigenvalue weighted by Gasteiger charge is -2.30. The number of urea groups is 1. The molecule has 0 unspecified atom stereocenters. The van der Waals surface area contributed by atoms with Crippen molar-refractivity contribution in [2.24, 2.45) is 0 Å². The summed E-state index contributed by atoms with van der Waals surface area (Å²) in [7, 11) is -1.23. The van der Waals surface area contributed by atoms with Crippen molar-refractivity contribution in [2.45, 2.75) is 11.1 Å². The van der Waals surface area contributed by atoms with Crippen molar-refractivity contribution in [3.8, 4) is 11.5 Å². The van der Waals surface area contributed by atoms with Crippen LogP contribution >= 0.6 is 22.9 Å². The van der Waals surface area contributed by atoms with E-state index in [0.29, 0.717) is 11.3 Å². The van der Waals surface area contributed by atoms with Gasteiger partial charge in [0.1, 0.15) is 21.5 Å². The number of fused-ring (bicyclic) bond motifs is 1. The van der Waals surface area contributed by atoms with Crippen LogP contribution in [0.15, 0.2) is 40.6 Å². The third-order valence-corrected chi connectivity index (χ3v) is 8.31. The maximum atomic E-state index is 14.3. The highest BCUT2D eigenvalue weighted by Crippen LogP contribution is 2.37. The molecule has 1 aliphatic rings. The highest BCUT2D eigenvalue weighted by Gasteiger charge is 2.30. The number of anilines is 3. The number of aryl methyl sites for hydroxylation is 1. The van der Waals surface area contributed by atoms with Gasteiger partial charge in [0.2, 0.25) is 0 Å². The van der Waals surface area contributed by atoms with Crippen LogP contribution in [0.1, 0.15) is 15.9 Å². The van der Waals surface area contributed by atoms with Gasteiger partial charge >= 0.3 is 6.03 Å². The zero-order valence-corrected chi connectivity index (χ0v) is 21.5. The van der Waals surface area contributed by atoms with Crippen LogP contribution in [0.4, 0.5) is 26.2 Å². The Kier molecular flexibility index (Phi) is 6.98. The second-order valence-electron chi connectivity index (χ2n) is 7.54. The van der Waals surface area contributed by atoms with E-state index in [1.165, 1.54) is 36.3 Å². The molecule has 1 aromatic heterocycles. The number of hydrogen-bond acceptors (Lipinski definition) is 8. The highest BCUT2D eigenvalue weighted by atomic mass is 35.5. The van der Waals surface area contributed by atoms with Gasteiger partial charge in [0.25, 0.3) is 15.9 Å². The number of thiophene rings is 1. The Morgan fingerprint density at radius 1 is 1.25 bits per heavy atom. The molecule has 0 radical (unpaired) electrons. The fourth-order valence-electron chi connectivity index (χ4n) is 3.53. The number of amides is 3. The topological polar surface area (TPSA) is 126 Å². The van der Waals surface area contributed by atoms with Crippen molar-refractivity contribution in [3.63, 3.8) is 0 Å². The summed E-state index contributed by atoms with van der Waals surface area (Å²) in [6, 6.07) is 7.23. The van der Waals surface area contributed by atoms with Crippen molar-refractivity contribution in [2.75, 3.05) is 36.4 Å². The van der Waals surface area contributed by atoms with Crippen LogP contribution in [0.5, 0.6) is 11.5 Å². The molecular weight excluding hydrogens is 535 g/mol. The van der Waals surface area contributed by atoms with E-state index in [2.05, 4.69) is 10.6 Å². The number of halogens is 2. The number of ether oxygens (including phenoxy) is 2. The number of carbonyl (C=O) groups is 2. The number of nitrogens with one attached hydrogen (secondary N) is 3. The van der Waals surface area contributed by atoms with E-state index in [4.69, 9.17) is 21.1 Å². The zero-order valence-electron chi connectivity index (χ0n) is 19.1. The molecule has 190 valence electrons. The van der Waals surface area contributed by atoms with E-state index in [0.717, 1.165) is 17.4 Å². The first-order valence-electron chi connectivity index (χ1n) is 10.3. The van der Waals surface area contributed by atoms with Crippen molar-refractivity contribution in [1.29, 1.82) is 0 Å². The van der Waals surface area contributed by atoms with E-state index >= 15 is 0 Å². The van der Waals surface area contributed by atoms with Gasteiger partial charge < -0.3 is 20.1 Å². The molecule has 10 nitrogen and oxygen atoms in total. The summed E-state index contributed by atoms with van der Waals surface area (Å²) in [5.74, 6) is -0.687. The molecule has 0 saturated heterocycles. The largest absolute Gasteiger partial charge is 0.494 e. The van der Waals surface area contributed by atoms with Crippen molar-refractivity contribution >= 4 is 62.0 Å². The number of carbonyl (C=O) groups excluding carboxylic acids is 2. The Morgan fingerprint density at radius 3 is 2.64 bits per heavy atom. The molecule has 0 aliphatic carbocycles. The number of rotatable bonds is 6. The molecule has 4 rings (SSSR count). The molecule has 3 N–H and O–H groups in total. The lowest BCUT2D eigenvalue weighted by Crippen LogP contribution is -2.39. The molecular formula is C22H20ClFN4O6S2. The smallest absolute Gasteiger partial charge is 0.333 e. The molecule has 0 saturated carbocycles. The van der Waals surface area contributed by atoms with E-state index < -0.39 is 27.8 Å². The average Bonchev–Trinajstić information content (AvgIpc) is 3.27. The maximum absolute atomic E-state index is 14.3. The first kappa shape index (κ1) is 25.5. The van der Waals surface area contributed by atoms with Gasteiger partial charge in [-0.05, 0) is 36.8 Å². The standard InChI is InChI=1S/C22H20ClFN4O6S2/c1-11-6-12(28-10-34-16-9-15(25-2)14(24)8-13(16)21(28)29)7-17(33-3)20(11)26-22(30)27-36(31,32)19-5-4-18(23)35-19/h4-9,25H,10H2,1-3H3,(H2,26,27,30). The van der Waals surface area contributed by atoms with Crippen LogP contribution in [0.2, 0.25) is 4.34 Å². The molecule has 2 heterocycles. The van der Waals surface area contributed by atoms with Crippen LogP contribution in [0.25, 0.3) is 0 Å². The minimum absolute atomic E-state index is 0.0508. The number of nitrogens with zero attached hydrogens (tertiary/aromatic N) is 1. The monoisotopic (exact) mass is 554 g/mol. The third-order valence-electron chi connectivity index (χ3n) is 5.26. The van der Waals surface area contributed by atoms with Crippen LogP contribution in [0, 0.1) is 12.7 Å². The second kappa shape index (κ2) is 9.84. The zero-order chi connectivity index (χ0) is 26.2. The van der Waals surface area contributed by atoms with E-state index in [1.54, 1.807) is 20.0 Å². The Morgan fingerprint density at radius 2 is 2.00 bits per heavy atom. The van der Waals surface area contributed by atoms with Crippen LogP contribution < -0.4 is 29.7 Å². The molecule has 0 fully saturated rings. The Balaban J connectivity index is 1.58. The van der Waals surface area contributed by atoms with Crippen LogP contribution in [0.3, 0.4) is 0 Å².